The molecular formula is C14H4Cl6O4. The fourth-order valence-corrected chi connectivity index (χ4v) is 3.31. The predicted molar refractivity (Wildman–Crippen MR) is 94.2 cm³/mol. The average Bonchev–Trinajstić information content (AvgIpc) is 2.46. The first-order valence-electron chi connectivity index (χ1n) is 5.92. The maximum atomic E-state index is 11.8. The summed E-state index contributed by atoms with van der Waals surface area (Å²) in [5.74, 6) is -3.25. The lowest BCUT2D eigenvalue weighted by Gasteiger charge is -2.10. The van der Waals surface area contributed by atoms with E-state index in [1.54, 1.807) is 0 Å². The van der Waals surface area contributed by atoms with E-state index in [-0.39, 0.29) is 41.6 Å². The van der Waals surface area contributed by atoms with Crippen LogP contribution in [0.3, 0.4) is 0 Å². The minimum absolute atomic E-state index is 0.0591. The second kappa shape index (κ2) is 8.00. The van der Waals surface area contributed by atoms with Gasteiger partial charge in [-0.3, -0.25) is 0 Å². The van der Waals surface area contributed by atoms with Gasteiger partial charge in [0.2, 0.25) is 0 Å². The van der Waals surface area contributed by atoms with Crippen LogP contribution in [0.5, 0.6) is 11.5 Å². The molecular weight excluding hydrogens is 445 g/mol. The van der Waals surface area contributed by atoms with Crippen molar-refractivity contribution in [3.63, 3.8) is 0 Å². The number of hydrogen-bond donors (Lipinski definition) is 0. The van der Waals surface area contributed by atoms with Gasteiger partial charge in [-0.25, -0.2) is 9.59 Å². The van der Waals surface area contributed by atoms with Gasteiger partial charge in [-0.05, 0) is 24.3 Å². The molecule has 126 valence electrons. The maximum Gasteiger partial charge on any atom is 0.423 e. The highest BCUT2D eigenvalue weighted by Crippen LogP contribution is 2.37. The number of halogens is 6. The Balaban J connectivity index is 2.19. The zero-order valence-corrected chi connectivity index (χ0v) is 15.7. The fraction of sp³-hybridized carbons (Fsp3) is 0. The van der Waals surface area contributed by atoms with Crippen molar-refractivity contribution in [2.24, 2.45) is 0 Å². The first kappa shape index (κ1) is 19.4. The van der Waals surface area contributed by atoms with E-state index in [2.05, 4.69) is 0 Å². The minimum atomic E-state index is -1.39. The Hall–Kier alpha value is -0.880. The van der Waals surface area contributed by atoms with E-state index in [0.717, 1.165) is 0 Å². The zero-order chi connectivity index (χ0) is 18.0. The topological polar surface area (TPSA) is 52.6 Å². The minimum Gasteiger partial charge on any atom is -0.415 e. The molecule has 0 aliphatic heterocycles. The normalized spacial score (nSPS) is 10.4. The SMILES string of the molecule is O=C(Oc1c(Cl)cc(Cl)cc1Cl)C(=O)Oc1c(Cl)cc(Cl)cc1Cl. The van der Waals surface area contributed by atoms with Gasteiger partial charge in [0.15, 0.2) is 11.5 Å². The molecule has 4 nitrogen and oxygen atoms in total. The van der Waals surface area contributed by atoms with Gasteiger partial charge in [0, 0.05) is 10.0 Å². The number of rotatable bonds is 2. The van der Waals surface area contributed by atoms with Crippen LogP contribution >= 0.6 is 69.6 Å². The van der Waals surface area contributed by atoms with E-state index in [9.17, 15) is 9.59 Å². The van der Waals surface area contributed by atoms with Crippen LogP contribution in [0.2, 0.25) is 30.1 Å². The van der Waals surface area contributed by atoms with Crippen LogP contribution in [0.15, 0.2) is 24.3 Å². The highest BCUT2D eigenvalue weighted by atomic mass is 35.5. The summed E-state index contributed by atoms with van der Waals surface area (Å²) in [5, 5.41) is 0.221. The summed E-state index contributed by atoms with van der Waals surface area (Å²) in [6, 6.07) is 5.15. The molecule has 0 saturated heterocycles. The van der Waals surface area contributed by atoms with Gasteiger partial charge >= 0.3 is 11.9 Å². The van der Waals surface area contributed by atoms with E-state index in [1.807, 2.05) is 0 Å². The summed E-state index contributed by atoms with van der Waals surface area (Å²) >= 11 is 34.9. The Morgan fingerprint density at radius 1 is 0.583 bits per heavy atom. The molecule has 0 saturated carbocycles. The highest BCUT2D eigenvalue weighted by Gasteiger charge is 2.24. The third-order valence-electron chi connectivity index (χ3n) is 2.48. The van der Waals surface area contributed by atoms with Crippen LogP contribution in [0.25, 0.3) is 0 Å². The predicted octanol–water partition coefficient (Wildman–Crippen LogP) is 6.12. The lowest BCUT2D eigenvalue weighted by atomic mass is 10.3. The monoisotopic (exact) mass is 446 g/mol. The molecule has 24 heavy (non-hydrogen) atoms. The van der Waals surface area contributed by atoms with Gasteiger partial charge in [0.1, 0.15) is 0 Å². The molecule has 0 aliphatic rings. The molecule has 0 aliphatic carbocycles. The van der Waals surface area contributed by atoms with Crippen molar-refractivity contribution >= 4 is 81.5 Å². The molecule has 2 rings (SSSR count). The fourth-order valence-electron chi connectivity index (χ4n) is 1.52. The largest absolute Gasteiger partial charge is 0.423 e. The smallest absolute Gasteiger partial charge is 0.415 e. The number of esters is 2. The number of hydrogen-bond acceptors (Lipinski definition) is 4. The molecule has 0 fully saturated rings. The molecule has 0 spiro atoms. The standard InChI is InChI=1S/C14H4Cl6O4/c15-5-1-7(17)11(8(18)2-5)23-13(21)14(22)24-12-9(19)3-6(16)4-10(12)20/h1-4H. The van der Waals surface area contributed by atoms with Crippen molar-refractivity contribution in [3.05, 3.63) is 54.4 Å². The van der Waals surface area contributed by atoms with Gasteiger partial charge < -0.3 is 9.47 Å². The second-order valence-corrected chi connectivity index (χ2v) is 6.68. The molecule has 10 heteroatoms. The number of benzene rings is 2. The number of carbonyl (C=O) groups is 2. The first-order valence-corrected chi connectivity index (χ1v) is 8.19. The van der Waals surface area contributed by atoms with Gasteiger partial charge in [-0.1, -0.05) is 69.6 Å². The van der Waals surface area contributed by atoms with Gasteiger partial charge in [0.05, 0.1) is 20.1 Å². The molecule has 0 atom stereocenters. The summed E-state index contributed by atoms with van der Waals surface area (Å²) in [4.78, 5) is 23.7. The van der Waals surface area contributed by atoms with Crippen molar-refractivity contribution in [2.75, 3.05) is 0 Å². The summed E-state index contributed by atoms with van der Waals surface area (Å²) < 4.78 is 9.64. The van der Waals surface area contributed by atoms with Gasteiger partial charge in [-0.15, -0.1) is 0 Å². The average molecular weight is 449 g/mol. The number of ether oxygens (including phenoxy) is 2. The van der Waals surface area contributed by atoms with E-state index in [4.69, 9.17) is 79.1 Å². The van der Waals surface area contributed by atoms with E-state index < -0.39 is 11.9 Å². The molecule has 0 unspecified atom stereocenters. The van der Waals surface area contributed by atoms with Crippen LogP contribution in [-0.4, -0.2) is 11.9 Å². The van der Waals surface area contributed by atoms with Gasteiger partial charge in [-0.2, -0.15) is 0 Å². The molecule has 0 aromatic heterocycles. The van der Waals surface area contributed by atoms with Crippen LogP contribution in [0.4, 0.5) is 0 Å². The molecule has 0 radical (unpaired) electrons. The summed E-state index contributed by atoms with van der Waals surface area (Å²) in [6.07, 6.45) is 0. The Morgan fingerprint density at radius 3 is 1.08 bits per heavy atom. The highest BCUT2D eigenvalue weighted by molar-refractivity contribution is 6.42. The molecule has 0 amide bonds. The Labute approximate surface area is 166 Å². The van der Waals surface area contributed by atoms with E-state index in [0.29, 0.717) is 0 Å². The Kier molecular flexibility index (Phi) is 6.48. The third-order valence-corrected chi connectivity index (χ3v) is 4.04. The quantitative estimate of drug-likeness (QED) is 0.315. The van der Waals surface area contributed by atoms with Crippen molar-refractivity contribution in [1.29, 1.82) is 0 Å². The Bertz CT molecular complexity index is 720. The van der Waals surface area contributed by atoms with Crippen molar-refractivity contribution < 1.29 is 19.1 Å². The van der Waals surface area contributed by atoms with Crippen LogP contribution < -0.4 is 9.47 Å². The molecule has 0 bridgehead atoms. The second-order valence-electron chi connectivity index (χ2n) is 4.18. The van der Waals surface area contributed by atoms with Crippen molar-refractivity contribution in [3.8, 4) is 11.5 Å². The lowest BCUT2D eigenvalue weighted by Crippen LogP contribution is -2.26. The molecule has 0 heterocycles. The summed E-state index contributed by atoms with van der Waals surface area (Å²) in [7, 11) is 0. The van der Waals surface area contributed by atoms with Crippen LogP contribution in [-0.2, 0) is 9.59 Å². The zero-order valence-electron chi connectivity index (χ0n) is 11.2. The van der Waals surface area contributed by atoms with Crippen molar-refractivity contribution in [1.82, 2.24) is 0 Å². The lowest BCUT2D eigenvalue weighted by molar-refractivity contribution is -0.156. The van der Waals surface area contributed by atoms with Crippen molar-refractivity contribution in [2.45, 2.75) is 0 Å². The molecule has 2 aromatic rings. The van der Waals surface area contributed by atoms with Crippen LogP contribution in [0, 0.1) is 0 Å². The summed E-state index contributed by atoms with van der Waals surface area (Å²) in [5.41, 5.74) is 0. The number of carbonyl (C=O) groups excluding carboxylic acids is 2. The van der Waals surface area contributed by atoms with E-state index in [1.165, 1.54) is 24.3 Å². The van der Waals surface area contributed by atoms with Crippen LogP contribution in [0.1, 0.15) is 0 Å². The summed E-state index contributed by atoms with van der Waals surface area (Å²) in [6.45, 7) is 0. The molecule has 2 aromatic carbocycles. The first-order chi connectivity index (χ1) is 11.2. The Morgan fingerprint density at radius 2 is 0.833 bits per heavy atom. The molecule has 0 N–H and O–H groups in total. The van der Waals surface area contributed by atoms with Gasteiger partial charge in [0.25, 0.3) is 0 Å². The third kappa shape index (κ3) is 4.60. The maximum absolute atomic E-state index is 11.8. The van der Waals surface area contributed by atoms with E-state index >= 15 is 0 Å².